The average molecular weight is 273 g/mol. The molecule has 2 N–H and O–H groups in total. The third-order valence-electron chi connectivity index (χ3n) is 3.36. The SMILES string of the molecule is Cn1c(-c2ccc(F)c(F)c2)nc2cc(CN)ccc21. The first-order valence-corrected chi connectivity index (χ1v) is 6.21. The van der Waals surface area contributed by atoms with Crippen molar-refractivity contribution < 1.29 is 8.78 Å². The first-order chi connectivity index (χ1) is 9.60. The van der Waals surface area contributed by atoms with Crippen LogP contribution in [0.4, 0.5) is 8.78 Å². The van der Waals surface area contributed by atoms with E-state index < -0.39 is 11.6 Å². The number of fused-ring (bicyclic) bond motifs is 1. The zero-order valence-electron chi connectivity index (χ0n) is 10.9. The van der Waals surface area contributed by atoms with Gasteiger partial charge in [-0.3, -0.25) is 0 Å². The quantitative estimate of drug-likeness (QED) is 0.780. The third-order valence-corrected chi connectivity index (χ3v) is 3.36. The molecule has 0 aliphatic heterocycles. The second-order valence-electron chi connectivity index (χ2n) is 4.65. The molecule has 2 aromatic carbocycles. The standard InChI is InChI=1S/C15H13F2N3/c1-20-14-5-2-9(8-18)6-13(14)19-15(20)10-3-4-11(16)12(17)7-10/h2-7H,8,18H2,1H3. The lowest BCUT2D eigenvalue weighted by atomic mass is 10.2. The molecule has 102 valence electrons. The summed E-state index contributed by atoms with van der Waals surface area (Å²) >= 11 is 0. The summed E-state index contributed by atoms with van der Waals surface area (Å²) in [5.41, 5.74) is 8.83. The van der Waals surface area contributed by atoms with Gasteiger partial charge in [-0.1, -0.05) is 6.07 Å². The highest BCUT2D eigenvalue weighted by molar-refractivity contribution is 5.81. The summed E-state index contributed by atoms with van der Waals surface area (Å²) in [5.74, 6) is -1.15. The molecule has 20 heavy (non-hydrogen) atoms. The number of nitrogens with two attached hydrogens (primary N) is 1. The normalized spacial score (nSPS) is 11.2. The summed E-state index contributed by atoms with van der Waals surface area (Å²) in [6, 6.07) is 9.53. The van der Waals surface area contributed by atoms with Gasteiger partial charge in [0.1, 0.15) is 5.82 Å². The van der Waals surface area contributed by atoms with E-state index in [1.807, 2.05) is 29.8 Å². The largest absolute Gasteiger partial charge is 0.327 e. The van der Waals surface area contributed by atoms with Crippen molar-refractivity contribution in [3.63, 3.8) is 0 Å². The highest BCUT2D eigenvalue weighted by Gasteiger charge is 2.12. The maximum absolute atomic E-state index is 13.3. The minimum absolute atomic E-state index is 0.438. The maximum atomic E-state index is 13.3. The summed E-state index contributed by atoms with van der Waals surface area (Å²) in [4.78, 5) is 4.48. The van der Waals surface area contributed by atoms with Crippen molar-refractivity contribution in [1.29, 1.82) is 0 Å². The van der Waals surface area contributed by atoms with Crippen LogP contribution in [0.3, 0.4) is 0 Å². The summed E-state index contributed by atoms with van der Waals surface area (Å²) in [6.07, 6.45) is 0. The molecule has 0 saturated carbocycles. The Morgan fingerprint density at radius 1 is 1.10 bits per heavy atom. The number of hydrogen-bond donors (Lipinski definition) is 1. The zero-order chi connectivity index (χ0) is 14.3. The first kappa shape index (κ1) is 12.7. The first-order valence-electron chi connectivity index (χ1n) is 6.21. The van der Waals surface area contributed by atoms with Crippen LogP contribution in [-0.4, -0.2) is 9.55 Å². The van der Waals surface area contributed by atoms with E-state index in [9.17, 15) is 8.78 Å². The molecule has 0 unspecified atom stereocenters. The molecular weight excluding hydrogens is 260 g/mol. The lowest BCUT2D eigenvalue weighted by Crippen LogP contribution is -1.96. The predicted molar refractivity (Wildman–Crippen MR) is 74.0 cm³/mol. The van der Waals surface area contributed by atoms with Crippen LogP contribution in [0.15, 0.2) is 36.4 Å². The number of halogens is 2. The monoisotopic (exact) mass is 273 g/mol. The zero-order valence-corrected chi connectivity index (χ0v) is 10.9. The molecule has 0 radical (unpaired) electrons. The van der Waals surface area contributed by atoms with Gasteiger partial charge in [0, 0.05) is 19.2 Å². The molecule has 1 heterocycles. The maximum Gasteiger partial charge on any atom is 0.159 e. The van der Waals surface area contributed by atoms with Crippen LogP contribution >= 0.6 is 0 Å². The minimum Gasteiger partial charge on any atom is -0.327 e. The van der Waals surface area contributed by atoms with Gasteiger partial charge < -0.3 is 10.3 Å². The van der Waals surface area contributed by atoms with E-state index in [1.54, 1.807) is 0 Å². The molecule has 0 bridgehead atoms. The Hall–Kier alpha value is -2.27. The van der Waals surface area contributed by atoms with Crippen molar-refractivity contribution in [3.05, 3.63) is 53.6 Å². The summed E-state index contributed by atoms with van der Waals surface area (Å²) < 4.78 is 28.2. The van der Waals surface area contributed by atoms with Gasteiger partial charge in [-0.25, -0.2) is 13.8 Å². The van der Waals surface area contributed by atoms with Gasteiger partial charge in [-0.2, -0.15) is 0 Å². The molecule has 3 aromatic rings. The second kappa shape index (κ2) is 4.68. The molecule has 5 heteroatoms. The second-order valence-corrected chi connectivity index (χ2v) is 4.65. The summed E-state index contributed by atoms with van der Waals surface area (Å²) in [6.45, 7) is 0.438. The Kier molecular flexibility index (Phi) is 2.99. The molecule has 0 spiro atoms. The van der Waals surface area contributed by atoms with E-state index in [2.05, 4.69) is 4.98 Å². The number of hydrogen-bond acceptors (Lipinski definition) is 2. The summed E-state index contributed by atoms with van der Waals surface area (Å²) in [5, 5.41) is 0. The van der Waals surface area contributed by atoms with Crippen molar-refractivity contribution in [2.24, 2.45) is 12.8 Å². The van der Waals surface area contributed by atoms with Crippen LogP contribution < -0.4 is 5.73 Å². The van der Waals surface area contributed by atoms with Crippen LogP contribution in [0.2, 0.25) is 0 Å². The topological polar surface area (TPSA) is 43.8 Å². The average Bonchev–Trinajstić information content (AvgIpc) is 2.78. The van der Waals surface area contributed by atoms with Crippen molar-refractivity contribution in [1.82, 2.24) is 9.55 Å². The van der Waals surface area contributed by atoms with Crippen molar-refractivity contribution in [3.8, 4) is 11.4 Å². The number of benzene rings is 2. The highest BCUT2D eigenvalue weighted by Crippen LogP contribution is 2.25. The molecule has 0 fully saturated rings. The van der Waals surface area contributed by atoms with Crippen molar-refractivity contribution >= 4 is 11.0 Å². The Morgan fingerprint density at radius 2 is 1.90 bits per heavy atom. The van der Waals surface area contributed by atoms with Crippen LogP contribution in [-0.2, 0) is 13.6 Å². The van der Waals surface area contributed by atoms with E-state index in [0.29, 0.717) is 17.9 Å². The van der Waals surface area contributed by atoms with Gasteiger partial charge in [-0.05, 0) is 35.9 Å². The Labute approximate surface area is 114 Å². The van der Waals surface area contributed by atoms with E-state index in [0.717, 1.165) is 28.7 Å². The Morgan fingerprint density at radius 3 is 2.60 bits per heavy atom. The van der Waals surface area contributed by atoms with Crippen LogP contribution in [0.1, 0.15) is 5.56 Å². The van der Waals surface area contributed by atoms with Crippen LogP contribution in [0, 0.1) is 11.6 Å². The van der Waals surface area contributed by atoms with E-state index in [-0.39, 0.29) is 0 Å². The van der Waals surface area contributed by atoms with E-state index >= 15 is 0 Å². The smallest absolute Gasteiger partial charge is 0.159 e. The van der Waals surface area contributed by atoms with Gasteiger partial charge in [0.25, 0.3) is 0 Å². The minimum atomic E-state index is -0.878. The van der Waals surface area contributed by atoms with E-state index in [4.69, 9.17) is 5.73 Å². The van der Waals surface area contributed by atoms with Gasteiger partial charge >= 0.3 is 0 Å². The fourth-order valence-corrected chi connectivity index (χ4v) is 2.27. The third kappa shape index (κ3) is 1.96. The number of rotatable bonds is 2. The Balaban J connectivity index is 2.20. The number of nitrogens with zero attached hydrogens (tertiary/aromatic N) is 2. The molecule has 0 aliphatic rings. The molecule has 0 atom stereocenters. The highest BCUT2D eigenvalue weighted by atomic mass is 19.2. The molecule has 0 aliphatic carbocycles. The van der Waals surface area contributed by atoms with Crippen molar-refractivity contribution in [2.75, 3.05) is 0 Å². The summed E-state index contributed by atoms with van der Waals surface area (Å²) in [7, 11) is 1.84. The predicted octanol–water partition coefficient (Wildman–Crippen LogP) is 2.98. The van der Waals surface area contributed by atoms with E-state index in [1.165, 1.54) is 6.07 Å². The van der Waals surface area contributed by atoms with Crippen LogP contribution in [0.25, 0.3) is 22.4 Å². The van der Waals surface area contributed by atoms with Crippen molar-refractivity contribution in [2.45, 2.75) is 6.54 Å². The fourth-order valence-electron chi connectivity index (χ4n) is 2.27. The van der Waals surface area contributed by atoms with Gasteiger partial charge in [0.05, 0.1) is 11.0 Å². The van der Waals surface area contributed by atoms with Gasteiger partial charge in [0.15, 0.2) is 11.6 Å². The molecule has 0 amide bonds. The Bertz CT molecular complexity index is 793. The fraction of sp³-hybridized carbons (Fsp3) is 0.133. The van der Waals surface area contributed by atoms with Crippen LogP contribution in [0.5, 0.6) is 0 Å². The molecule has 3 nitrogen and oxygen atoms in total. The van der Waals surface area contributed by atoms with Gasteiger partial charge in [0.2, 0.25) is 0 Å². The lowest BCUT2D eigenvalue weighted by molar-refractivity contribution is 0.509. The molecular formula is C15H13F2N3. The number of imidazole rings is 1. The molecule has 0 saturated heterocycles. The van der Waals surface area contributed by atoms with Gasteiger partial charge in [-0.15, -0.1) is 0 Å². The number of aromatic nitrogens is 2. The molecule has 3 rings (SSSR count). The molecule has 1 aromatic heterocycles. The number of aryl methyl sites for hydroxylation is 1. The lowest BCUT2D eigenvalue weighted by Gasteiger charge is -2.03.